The molecule has 0 amide bonds. The number of likely N-dealkylation sites (tertiary alicyclic amines) is 1. The van der Waals surface area contributed by atoms with Crippen molar-refractivity contribution in [1.82, 2.24) is 10.2 Å². The van der Waals surface area contributed by atoms with Gasteiger partial charge in [-0.1, -0.05) is 13.8 Å². The predicted octanol–water partition coefficient (Wildman–Crippen LogP) is 2.53. The Hall–Kier alpha value is -0.0900. The Bertz CT molecular complexity index is 501. The van der Waals surface area contributed by atoms with E-state index in [1.807, 2.05) is 6.92 Å². The molecule has 150 valence electrons. The fraction of sp³-hybridized carbons (Fsp3) is 0.941. The summed E-state index contributed by atoms with van der Waals surface area (Å²) in [6.45, 7) is 12.4. The number of ether oxygens (including phenoxy) is 1. The lowest BCUT2D eigenvalue weighted by Crippen LogP contribution is -2.47. The van der Waals surface area contributed by atoms with Gasteiger partial charge in [-0.3, -0.25) is 4.99 Å². The van der Waals surface area contributed by atoms with Crippen molar-refractivity contribution in [2.45, 2.75) is 53.1 Å². The third-order valence-corrected chi connectivity index (χ3v) is 5.23. The van der Waals surface area contributed by atoms with Gasteiger partial charge in [0.1, 0.15) is 9.84 Å². The van der Waals surface area contributed by atoms with E-state index in [4.69, 9.17) is 9.73 Å². The van der Waals surface area contributed by atoms with E-state index >= 15 is 0 Å². The van der Waals surface area contributed by atoms with Crippen LogP contribution in [0, 0.1) is 5.41 Å². The number of aliphatic imine (C=N–C) groups is 1. The third kappa shape index (κ3) is 10.6. The van der Waals surface area contributed by atoms with E-state index in [9.17, 15) is 8.42 Å². The highest BCUT2D eigenvalue weighted by Gasteiger charge is 2.24. The Morgan fingerprint density at radius 1 is 1.28 bits per heavy atom. The molecule has 0 aliphatic carbocycles. The van der Waals surface area contributed by atoms with E-state index in [0.717, 1.165) is 45.0 Å². The number of piperidine rings is 1. The molecule has 0 bridgehead atoms. The fourth-order valence-corrected chi connectivity index (χ4v) is 3.65. The second-order valence-electron chi connectivity index (χ2n) is 7.36. The van der Waals surface area contributed by atoms with Crippen molar-refractivity contribution < 1.29 is 13.2 Å². The molecule has 1 aliphatic heterocycles. The van der Waals surface area contributed by atoms with E-state index in [-0.39, 0.29) is 35.1 Å². The standard InChI is InChI=1S/C17H35N3O3S.HI/c1-6-18-16(20-11-8-15(9-12-20)23-7-2)19-14-17(3,4)10-13-24(5,21)22;/h15H,6-14H2,1-5H3,(H,18,19);1H. The van der Waals surface area contributed by atoms with Crippen molar-refractivity contribution >= 4 is 39.8 Å². The van der Waals surface area contributed by atoms with Gasteiger partial charge in [0.05, 0.1) is 11.9 Å². The fourth-order valence-electron chi connectivity index (χ4n) is 2.73. The van der Waals surface area contributed by atoms with Crippen molar-refractivity contribution in [3.8, 4) is 0 Å². The maximum Gasteiger partial charge on any atom is 0.193 e. The summed E-state index contributed by atoms with van der Waals surface area (Å²) in [4.78, 5) is 7.06. The molecule has 25 heavy (non-hydrogen) atoms. The average Bonchev–Trinajstić information content (AvgIpc) is 2.50. The van der Waals surface area contributed by atoms with Gasteiger partial charge in [0.2, 0.25) is 0 Å². The van der Waals surface area contributed by atoms with Crippen LogP contribution in [0.25, 0.3) is 0 Å². The Morgan fingerprint density at radius 2 is 1.88 bits per heavy atom. The molecule has 0 saturated carbocycles. The van der Waals surface area contributed by atoms with Crippen molar-refractivity contribution in [3.05, 3.63) is 0 Å². The molecule has 1 aliphatic rings. The molecule has 0 aromatic carbocycles. The molecule has 1 rings (SSSR count). The highest BCUT2D eigenvalue weighted by molar-refractivity contribution is 14.0. The van der Waals surface area contributed by atoms with Crippen molar-refractivity contribution in [3.63, 3.8) is 0 Å². The zero-order valence-electron chi connectivity index (χ0n) is 16.4. The maximum absolute atomic E-state index is 11.4. The summed E-state index contributed by atoms with van der Waals surface area (Å²) in [5.41, 5.74) is -0.132. The zero-order valence-corrected chi connectivity index (χ0v) is 19.5. The third-order valence-electron chi connectivity index (χ3n) is 4.29. The van der Waals surface area contributed by atoms with Gasteiger partial charge in [-0.05, 0) is 38.5 Å². The largest absolute Gasteiger partial charge is 0.378 e. The number of guanidine groups is 1. The summed E-state index contributed by atoms with van der Waals surface area (Å²) in [7, 11) is -2.93. The Labute approximate surface area is 171 Å². The quantitative estimate of drug-likeness (QED) is 0.323. The van der Waals surface area contributed by atoms with Gasteiger partial charge in [-0.25, -0.2) is 8.42 Å². The Kier molecular flexibility index (Phi) is 11.5. The molecule has 6 nitrogen and oxygen atoms in total. The molecular weight excluding hydrogens is 453 g/mol. The van der Waals surface area contributed by atoms with Gasteiger partial charge in [0.15, 0.2) is 5.96 Å². The monoisotopic (exact) mass is 489 g/mol. The van der Waals surface area contributed by atoms with Crippen LogP contribution in [0.1, 0.15) is 47.0 Å². The molecule has 0 aromatic heterocycles. The number of halogens is 1. The molecule has 0 radical (unpaired) electrons. The van der Waals surface area contributed by atoms with Crippen molar-refractivity contribution in [2.24, 2.45) is 10.4 Å². The van der Waals surface area contributed by atoms with Crippen LogP contribution in [-0.4, -0.2) is 70.2 Å². The van der Waals surface area contributed by atoms with Crippen LogP contribution in [0.2, 0.25) is 0 Å². The lowest BCUT2D eigenvalue weighted by molar-refractivity contribution is 0.0263. The zero-order chi connectivity index (χ0) is 18.2. The summed E-state index contributed by atoms with van der Waals surface area (Å²) >= 11 is 0. The summed E-state index contributed by atoms with van der Waals surface area (Å²) in [5.74, 6) is 1.14. The van der Waals surface area contributed by atoms with Gasteiger partial charge in [-0.2, -0.15) is 0 Å². The number of sulfone groups is 1. The second kappa shape index (κ2) is 11.6. The number of hydrogen-bond acceptors (Lipinski definition) is 4. The first-order valence-electron chi connectivity index (χ1n) is 8.99. The van der Waals surface area contributed by atoms with Gasteiger partial charge in [0.25, 0.3) is 0 Å². The van der Waals surface area contributed by atoms with Crippen molar-refractivity contribution in [1.29, 1.82) is 0 Å². The Balaban J connectivity index is 0.00000576. The molecule has 0 atom stereocenters. The summed E-state index contributed by atoms with van der Waals surface area (Å²) in [5, 5.41) is 3.36. The first-order chi connectivity index (χ1) is 11.2. The number of nitrogens with one attached hydrogen (secondary N) is 1. The summed E-state index contributed by atoms with van der Waals surface area (Å²) < 4.78 is 28.5. The van der Waals surface area contributed by atoms with Crippen LogP contribution >= 0.6 is 24.0 Å². The number of nitrogens with zero attached hydrogens (tertiary/aromatic N) is 2. The number of rotatable bonds is 8. The van der Waals surface area contributed by atoms with E-state index in [0.29, 0.717) is 19.1 Å². The molecule has 1 N–H and O–H groups in total. The van der Waals surface area contributed by atoms with E-state index < -0.39 is 9.84 Å². The molecule has 1 heterocycles. The molecule has 0 aromatic rings. The van der Waals surface area contributed by atoms with E-state index in [1.165, 1.54) is 6.26 Å². The average molecular weight is 489 g/mol. The van der Waals surface area contributed by atoms with Crippen LogP contribution in [-0.2, 0) is 14.6 Å². The lowest BCUT2D eigenvalue weighted by Gasteiger charge is -2.34. The number of hydrogen-bond donors (Lipinski definition) is 1. The lowest BCUT2D eigenvalue weighted by atomic mass is 9.90. The van der Waals surface area contributed by atoms with Gasteiger partial charge >= 0.3 is 0 Å². The molecule has 1 fully saturated rings. The van der Waals surface area contributed by atoms with Gasteiger partial charge < -0.3 is 15.0 Å². The molecule has 0 unspecified atom stereocenters. The van der Waals surface area contributed by atoms with Crippen LogP contribution in [0.5, 0.6) is 0 Å². The predicted molar refractivity (Wildman–Crippen MR) is 116 cm³/mol. The smallest absolute Gasteiger partial charge is 0.193 e. The Morgan fingerprint density at radius 3 is 2.36 bits per heavy atom. The highest BCUT2D eigenvalue weighted by atomic mass is 127. The molecular formula is C17H36IN3O3S. The second-order valence-corrected chi connectivity index (χ2v) is 9.62. The SMILES string of the molecule is CCNC(=NCC(C)(C)CCS(C)(=O)=O)N1CCC(OCC)CC1.I. The first kappa shape index (κ1) is 24.9. The summed E-state index contributed by atoms with van der Waals surface area (Å²) in [6.07, 6.45) is 4.33. The topological polar surface area (TPSA) is 71.0 Å². The van der Waals surface area contributed by atoms with E-state index in [2.05, 4.69) is 31.0 Å². The normalized spacial score (nSPS) is 17.3. The van der Waals surface area contributed by atoms with Gasteiger partial charge in [-0.15, -0.1) is 24.0 Å². The van der Waals surface area contributed by atoms with Crippen LogP contribution in [0.4, 0.5) is 0 Å². The molecule has 1 saturated heterocycles. The van der Waals surface area contributed by atoms with Gasteiger partial charge in [0, 0.05) is 39.0 Å². The first-order valence-corrected chi connectivity index (χ1v) is 11.1. The summed E-state index contributed by atoms with van der Waals surface area (Å²) in [6, 6.07) is 0. The van der Waals surface area contributed by atoms with Crippen LogP contribution in [0.15, 0.2) is 4.99 Å². The minimum Gasteiger partial charge on any atom is -0.378 e. The maximum atomic E-state index is 11.4. The molecule has 0 spiro atoms. The minimum absolute atomic E-state index is 0. The van der Waals surface area contributed by atoms with Crippen molar-refractivity contribution in [2.75, 3.05) is 44.8 Å². The highest BCUT2D eigenvalue weighted by Crippen LogP contribution is 2.22. The van der Waals surface area contributed by atoms with Crippen LogP contribution in [0.3, 0.4) is 0 Å². The van der Waals surface area contributed by atoms with E-state index in [1.54, 1.807) is 0 Å². The molecule has 8 heteroatoms. The van der Waals surface area contributed by atoms with Crippen LogP contribution < -0.4 is 5.32 Å². The minimum atomic E-state index is -2.93.